The fourth-order valence-corrected chi connectivity index (χ4v) is 4.03. The standard InChI is InChI=1S/C24H20N4O6S/c1-33-20(29)13-19-21(30)26-24(35-19)27-25-14-15-7-9-16(10-8-15)34-12-4-11-28-22(31)17-5-2-3-6-18(17)23(28)32/h2-3,5-10,13-14H,4,11-12H2,1H3,(H,26,27,30)/b19-13+,25-14?. The first-order valence-corrected chi connectivity index (χ1v) is 11.4. The molecule has 2 aliphatic heterocycles. The SMILES string of the molecule is COC(=O)/C=C1/S/C(=N\N=Cc2ccc(OCCCN3C(=O)c4ccccc4C3=O)cc2)NC1=O. The van der Waals surface area contributed by atoms with E-state index in [1.54, 1.807) is 48.5 Å². The van der Waals surface area contributed by atoms with Gasteiger partial charge in [-0.1, -0.05) is 12.1 Å². The van der Waals surface area contributed by atoms with Gasteiger partial charge in [-0.05, 0) is 60.1 Å². The summed E-state index contributed by atoms with van der Waals surface area (Å²) < 4.78 is 10.2. The lowest BCUT2D eigenvalue weighted by atomic mass is 10.1. The first-order valence-electron chi connectivity index (χ1n) is 10.5. The second kappa shape index (κ2) is 10.8. The number of fused-ring (bicyclic) bond motifs is 1. The smallest absolute Gasteiger partial charge is 0.331 e. The lowest BCUT2D eigenvalue weighted by Gasteiger charge is -2.14. The van der Waals surface area contributed by atoms with E-state index in [4.69, 9.17) is 4.74 Å². The monoisotopic (exact) mass is 492 g/mol. The number of hydrogen-bond donors (Lipinski definition) is 1. The number of nitrogens with one attached hydrogen (secondary N) is 1. The zero-order chi connectivity index (χ0) is 24.8. The fraction of sp³-hybridized carbons (Fsp3) is 0.167. The maximum Gasteiger partial charge on any atom is 0.331 e. The number of thioether (sulfide) groups is 1. The molecular formula is C24H20N4O6S. The van der Waals surface area contributed by atoms with Gasteiger partial charge in [-0.15, -0.1) is 5.10 Å². The van der Waals surface area contributed by atoms with Crippen molar-refractivity contribution < 1.29 is 28.7 Å². The molecule has 3 amide bonds. The van der Waals surface area contributed by atoms with E-state index in [0.717, 1.165) is 23.4 Å². The van der Waals surface area contributed by atoms with Crippen molar-refractivity contribution in [1.29, 1.82) is 0 Å². The van der Waals surface area contributed by atoms with Crippen LogP contribution in [0.5, 0.6) is 5.75 Å². The van der Waals surface area contributed by atoms with Crippen LogP contribution < -0.4 is 10.1 Å². The van der Waals surface area contributed by atoms with Gasteiger partial charge >= 0.3 is 5.97 Å². The number of esters is 1. The highest BCUT2D eigenvalue weighted by atomic mass is 32.2. The van der Waals surface area contributed by atoms with Gasteiger partial charge in [-0.3, -0.25) is 24.6 Å². The highest BCUT2D eigenvalue weighted by Gasteiger charge is 2.34. The number of ether oxygens (including phenoxy) is 2. The average Bonchev–Trinajstić information content (AvgIpc) is 3.33. The molecule has 0 aliphatic carbocycles. The number of rotatable bonds is 8. The number of nitrogens with zero attached hydrogens (tertiary/aromatic N) is 3. The third-order valence-corrected chi connectivity index (χ3v) is 5.91. The molecule has 0 unspecified atom stereocenters. The lowest BCUT2D eigenvalue weighted by Crippen LogP contribution is -2.31. The molecule has 2 aromatic rings. The predicted octanol–water partition coefficient (Wildman–Crippen LogP) is 2.36. The van der Waals surface area contributed by atoms with Crippen LogP contribution in [0.25, 0.3) is 0 Å². The zero-order valence-electron chi connectivity index (χ0n) is 18.6. The number of methoxy groups -OCH3 is 1. The van der Waals surface area contributed by atoms with Crippen molar-refractivity contribution in [3.8, 4) is 5.75 Å². The summed E-state index contributed by atoms with van der Waals surface area (Å²) in [6.07, 6.45) is 3.10. The van der Waals surface area contributed by atoms with Gasteiger partial charge in [0.15, 0.2) is 5.17 Å². The summed E-state index contributed by atoms with van der Waals surface area (Å²) in [7, 11) is 1.23. The summed E-state index contributed by atoms with van der Waals surface area (Å²) in [4.78, 5) is 49.2. The molecule has 1 fully saturated rings. The van der Waals surface area contributed by atoms with Crippen LogP contribution in [-0.4, -0.2) is 60.2 Å². The van der Waals surface area contributed by atoms with E-state index in [1.807, 2.05) is 0 Å². The van der Waals surface area contributed by atoms with E-state index in [0.29, 0.717) is 29.9 Å². The van der Waals surface area contributed by atoms with E-state index in [2.05, 4.69) is 20.3 Å². The van der Waals surface area contributed by atoms with Crippen LogP contribution in [0.15, 0.2) is 69.7 Å². The molecule has 10 nitrogen and oxygen atoms in total. The molecule has 11 heteroatoms. The van der Waals surface area contributed by atoms with Gasteiger partial charge in [0, 0.05) is 12.6 Å². The third kappa shape index (κ3) is 5.64. The van der Waals surface area contributed by atoms with Crippen molar-refractivity contribution in [2.45, 2.75) is 6.42 Å². The molecule has 2 aliphatic rings. The molecule has 1 N–H and O–H groups in total. The van der Waals surface area contributed by atoms with Crippen LogP contribution >= 0.6 is 11.8 Å². The molecule has 0 bridgehead atoms. The van der Waals surface area contributed by atoms with Gasteiger partial charge in [0.2, 0.25) is 0 Å². The molecule has 0 spiro atoms. The van der Waals surface area contributed by atoms with Gasteiger partial charge in [-0.2, -0.15) is 5.10 Å². The molecule has 0 aromatic heterocycles. The van der Waals surface area contributed by atoms with Crippen LogP contribution in [0.4, 0.5) is 0 Å². The number of imide groups is 1. The van der Waals surface area contributed by atoms with E-state index < -0.39 is 11.9 Å². The molecule has 0 saturated carbocycles. The Morgan fingerprint density at radius 1 is 1.06 bits per heavy atom. The molecule has 0 atom stereocenters. The summed E-state index contributed by atoms with van der Waals surface area (Å²) in [5, 5.41) is 10.6. The highest BCUT2D eigenvalue weighted by Crippen LogP contribution is 2.24. The van der Waals surface area contributed by atoms with Crippen molar-refractivity contribution in [2.75, 3.05) is 20.3 Å². The summed E-state index contributed by atoms with van der Waals surface area (Å²) >= 11 is 0.987. The molecular weight excluding hydrogens is 472 g/mol. The molecule has 2 heterocycles. The van der Waals surface area contributed by atoms with E-state index >= 15 is 0 Å². The van der Waals surface area contributed by atoms with Crippen molar-refractivity contribution >= 4 is 46.8 Å². The first kappa shape index (κ1) is 23.9. The number of amides is 3. The number of benzene rings is 2. The second-order valence-electron chi connectivity index (χ2n) is 7.32. The maximum atomic E-state index is 12.4. The Bertz CT molecular complexity index is 1230. The first-order chi connectivity index (χ1) is 17.0. The van der Waals surface area contributed by atoms with Gasteiger partial charge < -0.3 is 9.47 Å². The van der Waals surface area contributed by atoms with Crippen molar-refractivity contribution in [3.05, 3.63) is 76.2 Å². The normalized spacial score (nSPS) is 17.4. The van der Waals surface area contributed by atoms with Crippen molar-refractivity contribution in [2.24, 2.45) is 10.2 Å². The van der Waals surface area contributed by atoms with Gasteiger partial charge in [0.25, 0.3) is 17.7 Å². The molecule has 1 saturated heterocycles. The quantitative estimate of drug-likeness (QED) is 0.150. The van der Waals surface area contributed by atoms with Gasteiger partial charge in [0.1, 0.15) is 5.75 Å². The van der Waals surface area contributed by atoms with E-state index in [1.165, 1.54) is 18.2 Å². The Kier molecular flexibility index (Phi) is 7.36. The summed E-state index contributed by atoms with van der Waals surface area (Å²) in [5.74, 6) is -0.989. The van der Waals surface area contributed by atoms with Crippen molar-refractivity contribution in [3.63, 3.8) is 0 Å². The van der Waals surface area contributed by atoms with Crippen molar-refractivity contribution in [1.82, 2.24) is 10.2 Å². The average molecular weight is 493 g/mol. The molecule has 4 rings (SSSR count). The highest BCUT2D eigenvalue weighted by molar-refractivity contribution is 8.18. The Hall–Kier alpha value is -4.25. The largest absolute Gasteiger partial charge is 0.494 e. The molecule has 35 heavy (non-hydrogen) atoms. The number of hydrogen-bond acceptors (Lipinski definition) is 9. The minimum Gasteiger partial charge on any atom is -0.494 e. The van der Waals surface area contributed by atoms with Crippen LogP contribution in [0, 0.1) is 0 Å². The van der Waals surface area contributed by atoms with E-state index in [-0.39, 0.29) is 28.4 Å². The Morgan fingerprint density at radius 3 is 2.40 bits per heavy atom. The number of carbonyl (C=O) groups excluding carboxylic acids is 4. The minimum absolute atomic E-state index is 0.176. The van der Waals surface area contributed by atoms with E-state index in [9.17, 15) is 19.2 Å². The fourth-order valence-electron chi connectivity index (χ4n) is 3.29. The summed E-state index contributed by atoms with van der Waals surface area (Å²) in [6.45, 7) is 0.620. The van der Waals surface area contributed by atoms with Crippen LogP contribution in [-0.2, 0) is 14.3 Å². The summed E-state index contributed by atoms with van der Waals surface area (Å²) in [6, 6.07) is 13.9. The second-order valence-corrected chi connectivity index (χ2v) is 8.35. The Morgan fingerprint density at radius 2 is 1.74 bits per heavy atom. The summed E-state index contributed by atoms with van der Waals surface area (Å²) in [5.41, 5.74) is 1.63. The Balaban J connectivity index is 1.23. The minimum atomic E-state index is -0.627. The molecule has 2 aromatic carbocycles. The van der Waals surface area contributed by atoms with Gasteiger partial charge in [-0.25, -0.2) is 4.79 Å². The third-order valence-electron chi connectivity index (χ3n) is 5.01. The van der Waals surface area contributed by atoms with Crippen LogP contribution in [0.1, 0.15) is 32.7 Å². The number of carbonyl (C=O) groups is 4. The Labute approximate surface area is 204 Å². The zero-order valence-corrected chi connectivity index (χ0v) is 19.4. The maximum absolute atomic E-state index is 12.4. The molecule has 178 valence electrons. The topological polar surface area (TPSA) is 127 Å². The lowest BCUT2D eigenvalue weighted by molar-refractivity contribution is -0.135. The van der Waals surface area contributed by atoms with Crippen LogP contribution in [0.3, 0.4) is 0 Å². The molecule has 0 radical (unpaired) electrons. The van der Waals surface area contributed by atoms with Gasteiger partial charge in [0.05, 0.1) is 36.0 Å². The predicted molar refractivity (Wildman–Crippen MR) is 129 cm³/mol. The van der Waals surface area contributed by atoms with Crippen LogP contribution in [0.2, 0.25) is 0 Å². The number of amidine groups is 1.